The number of likely N-dealkylation sites (tertiary alicyclic amines) is 1. The van der Waals surface area contributed by atoms with Gasteiger partial charge < -0.3 is 13.9 Å². The van der Waals surface area contributed by atoms with Gasteiger partial charge in [-0.3, -0.25) is 9.59 Å². The molecule has 0 saturated carbocycles. The summed E-state index contributed by atoms with van der Waals surface area (Å²) in [5.74, 6) is -0.132. The van der Waals surface area contributed by atoms with Gasteiger partial charge in [-0.2, -0.15) is 0 Å². The first-order chi connectivity index (χ1) is 11.7. The zero-order valence-electron chi connectivity index (χ0n) is 13.1. The van der Waals surface area contributed by atoms with Gasteiger partial charge >= 0.3 is 0 Å². The summed E-state index contributed by atoms with van der Waals surface area (Å²) < 4.78 is 7.70. The minimum Gasteiger partial charge on any atom is -0.451 e. The lowest BCUT2D eigenvalue weighted by molar-refractivity contribution is 0.0648. The van der Waals surface area contributed by atoms with Crippen LogP contribution in [0.4, 0.5) is 0 Å². The highest BCUT2D eigenvalue weighted by Gasteiger charge is 2.27. The Hall–Kier alpha value is -2.89. The van der Waals surface area contributed by atoms with Crippen LogP contribution in [0.5, 0.6) is 0 Å². The average Bonchev–Trinajstić information content (AvgIpc) is 3.16. The molecule has 1 aliphatic heterocycles. The monoisotopic (exact) mass is 323 g/mol. The van der Waals surface area contributed by atoms with Gasteiger partial charge in [0.05, 0.1) is 17.8 Å². The number of aromatic nitrogens is 2. The molecule has 6 nitrogen and oxygen atoms in total. The number of carbonyl (C=O) groups excluding carboxylic acids is 1. The van der Waals surface area contributed by atoms with Gasteiger partial charge in [-0.05, 0) is 25.0 Å². The second-order valence-corrected chi connectivity index (χ2v) is 6.03. The Bertz CT molecular complexity index is 930. The molecule has 0 unspecified atom stereocenters. The van der Waals surface area contributed by atoms with E-state index >= 15 is 0 Å². The summed E-state index contributed by atoms with van der Waals surface area (Å²) in [5.41, 5.74) is 0.250. The van der Waals surface area contributed by atoms with Crippen molar-refractivity contribution >= 4 is 16.9 Å². The van der Waals surface area contributed by atoms with Crippen molar-refractivity contribution in [3.63, 3.8) is 0 Å². The molecule has 1 aliphatic rings. The van der Waals surface area contributed by atoms with E-state index in [1.165, 1.54) is 6.07 Å². The number of imidazole rings is 1. The predicted octanol–water partition coefficient (Wildman–Crippen LogP) is 2.47. The molecule has 1 fully saturated rings. The maximum absolute atomic E-state index is 12.8. The molecular weight excluding hydrogens is 306 g/mol. The van der Waals surface area contributed by atoms with Gasteiger partial charge in [0, 0.05) is 31.5 Å². The molecule has 24 heavy (non-hydrogen) atoms. The second kappa shape index (κ2) is 5.96. The van der Waals surface area contributed by atoms with Crippen molar-refractivity contribution in [2.45, 2.75) is 18.9 Å². The molecule has 1 saturated heterocycles. The zero-order valence-corrected chi connectivity index (χ0v) is 13.1. The Balaban J connectivity index is 1.62. The van der Waals surface area contributed by atoms with Crippen LogP contribution in [-0.4, -0.2) is 33.4 Å². The molecule has 0 bridgehead atoms. The Kier molecular flexibility index (Phi) is 3.65. The number of nitrogens with zero attached hydrogens (tertiary/aromatic N) is 3. The lowest BCUT2D eigenvalue weighted by Gasteiger charge is -2.33. The number of benzene rings is 1. The summed E-state index contributed by atoms with van der Waals surface area (Å²) in [7, 11) is 0. The van der Waals surface area contributed by atoms with Crippen LogP contribution >= 0.6 is 0 Å². The van der Waals surface area contributed by atoms with Crippen LogP contribution in [-0.2, 0) is 0 Å². The third-order valence-electron chi connectivity index (χ3n) is 4.48. The van der Waals surface area contributed by atoms with Gasteiger partial charge in [-0.25, -0.2) is 4.98 Å². The SMILES string of the molecule is O=C(c1cc(=O)c2ccccc2o1)N1CCC[C@@H](n2ccnc2)C1. The number of rotatable bonds is 2. The number of para-hydroxylation sites is 1. The van der Waals surface area contributed by atoms with Crippen molar-refractivity contribution in [3.8, 4) is 0 Å². The van der Waals surface area contributed by atoms with E-state index in [4.69, 9.17) is 4.42 Å². The molecule has 6 heteroatoms. The lowest BCUT2D eigenvalue weighted by Crippen LogP contribution is -2.40. The highest BCUT2D eigenvalue weighted by atomic mass is 16.3. The fourth-order valence-corrected chi connectivity index (χ4v) is 3.23. The Labute approximate surface area is 138 Å². The van der Waals surface area contributed by atoms with E-state index in [1.54, 1.807) is 41.7 Å². The van der Waals surface area contributed by atoms with Crippen molar-refractivity contribution in [2.75, 3.05) is 13.1 Å². The van der Waals surface area contributed by atoms with Gasteiger partial charge in [0.25, 0.3) is 5.91 Å². The highest BCUT2D eigenvalue weighted by Crippen LogP contribution is 2.23. The quantitative estimate of drug-likeness (QED) is 0.726. The Morgan fingerprint density at radius 2 is 2.17 bits per heavy atom. The summed E-state index contributed by atoms with van der Waals surface area (Å²) in [6.45, 7) is 1.26. The average molecular weight is 323 g/mol. The van der Waals surface area contributed by atoms with Gasteiger partial charge in [0.1, 0.15) is 5.58 Å². The molecule has 2 aromatic heterocycles. The zero-order chi connectivity index (χ0) is 16.5. The van der Waals surface area contributed by atoms with Crippen LogP contribution in [0.3, 0.4) is 0 Å². The minimum atomic E-state index is -0.234. The molecule has 0 aliphatic carbocycles. The molecule has 0 radical (unpaired) electrons. The van der Waals surface area contributed by atoms with E-state index in [0.29, 0.717) is 24.1 Å². The maximum Gasteiger partial charge on any atom is 0.289 e. The summed E-state index contributed by atoms with van der Waals surface area (Å²) in [6.07, 6.45) is 7.33. The third kappa shape index (κ3) is 2.60. The molecule has 3 heterocycles. The largest absolute Gasteiger partial charge is 0.451 e. The van der Waals surface area contributed by atoms with Crippen LogP contribution in [0.25, 0.3) is 11.0 Å². The molecule has 1 amide bonds. The number of hydrogen-bond donors (Lipinski definition) is 0. The summed E-state index contributed by atoms with van der Waals surface area (Å²) in [6, 6.07) is 8.48. The molecule has 0 spiro atoms. The number of carbonyl (C=O) groups is 1. The van der Waals surface area contributed by atoms with E-state index in [-0.39, 0.29) is 23.1 Å². The number of fused-ring (bicyclic) bond motifs is 1. The minimum absolute atomic E-state index is 0.102. The lowest BCUT2D eigenvalue weighted by atomic mass is 10.1. The van der Waals surface area contributed by atoms with Crippen LogP contribution in [0, 0.1) is 0 Å². The topological polar surface area (TPSA) is 68.3 Å². The molecule has 1 aromatic carbocycles. The van der Waals surface area contributed by atoms with E-state index in [2.05, 4.69) is 4.98 Å². The summed E-state index contributed by atoms with van der Waals surface area (Å²) in [4.78, 5) is 30.8. The predicted molar refractivity (Wildman–Crippen MR) is 88.9 cm³/mol. The second-order valence-electron chi connectivity index (χ2n) is 6.03. The van der Waals surface area contributed by atoms with Crippen molar-refractivity contribution in [2.24, 2.45) is 0 Å². The van der Waals surface area contributed by atoms with Gasteiger partial charge in [-0.1, -0.05) is 12.1 Å². The van der Waals surface area contributed by atoms with E-state index in [0.717, 1.165) is 12.8 Å². The van der Waals surface area contributed by atoms with Crippen LogP contribution in [0.2, 0.25) is 0 Å². The smallest absolute Gasteiger partial charge is 0.289 e. The van der Waals surface area contributed by atoms with Crippen LogP contribution < -0.4 is 5.43 Å². The van der Waals surface area contributed by atoms with Crippen LogP contribution in [0.1, 0.15) is 29.4 Å². The van der Waals surface area contributed by atoms with Gasteiger partial charge in [0.2, 0.25) is 0 Å². The van der Waals surface area contributed by atoms with Crippen molar-refractivity contribution in [3.05, 3.63) is 65.0 Å². The summed E-state index contributed by atoms with van der Waals surface area (Å²) >= 11 is 0. The fourth-order valence-electron chi connectivity index (χ4n) is 3.23. The summed E-state index contributed by atoms with van der Waals surface area (Å²) in [5, 5.41) is 0.490. The molecule has 0 N–H and O–H groups in total. The standard InChI is InChI=1S/C18H17N3O3/c22-15-10-17(24-16-6-2-1-5-14(15)16)18(23)20-8-3-4-13(11-20)21-9-7-19-12-21/h1-2,5-7,9-10,12-13H,3-4,8,11H2/t13-/m1/s1. The van der Waals surface area contributed by atoms with Crippen molar-refractivity contribution < 1.29 is 9.21 Å². The first-order valence-corrected chi connectivity index (χ1v) is 8.02. The molecule has 1 atom stereocenters. The fraction of sp³-hybridized carbons (Fsp3) is 0.278. The van der Waals surface area contributed by atoms with Gasteiger partial charge in [-0.15, -0.1) is 0 Å². The van der Waals surface area contributed by atoms with E-state index < -0.39 is 0 Å². The first-order valence-electron chi connectivity index (χ1n) is 8.02. The first kappa shape index (κ1) is 14.7. The molecular formula is C18H17N3O3. The maximum atomic E-state index is 12.8. The molecule has 3 aromatic rings. The Morgan fingerprint density at radius 1 is 1.29 bits per heavy atom. The third-order valence-corrected chi connectivity index (χ3v) is 4.48. The Morgan fingerprint density at radius 3 is 3.00 bits per heavy atom. The number of amides is 1. The van der Waals surface area contributed by atoms with Crippen molar-refractivity contribution in [1.82, 2.24) is 14.5 Å². The molecule has 122 valence electrons. The van der Waals surface area contributed by atoms with E-state index in [9.17, 15) is 9.59 Å². The number of piperidine rings is 1. The number of hydrogen-bond acceptors (Lipinski definition) is 4. The van der Waals surface area contributed by atoms with E-state index in [1.807, 2.05) is 10.8 Å². The van der Waals surface area contributed by atoms with Crippen LogP contribution in [0.15, 0.2) is 58.3 Å². The van der Waals surface area contributed by atoms with Crippen molar-refractivity contribution in [1.29, 1.82) is 0 Å². The molecule has 4 rings (SSSR count). The van der Waals surface area contributed by atoms with Gasteiger partial charge in [0.15, 0.2) is 11.2 Å². The normalized spacial score (nSPS) is 18.0. The highest BCUT2D eigenvalue weighted by molar-refractivity contribution is 5.93.